The third kappa shape index (κ3) is 5.80. The third-order valence-corrected chi connectivity index (χ3v) is 7.19. The van der Waals surface area contributed by atoms with Gasteiger partial charge in [-0.1, -0.05) is 12.1 Å². The first-order valence-electron chi connectivity index (χ1n) is 12.7. The van der Waals surface area contributed by atoms with Gasteiger partial charge in [-0.15, -0.1) is 0 Å². The number of hydrogen-bond acceptors (Lipinski definition) is 8. The van der Waals surface area contributed by atoms with Crippen molar-refractivity contribution in [3.8, 4) is 5.88 Å². The molecule has 3 aromatic rings. The summed E-state index contributed by atoms with van der Waals surface area (Å²) in [6.45, 7) is 2.77. The van der Waals surface area contributed by atoms with Crippen LogP contribution in [-0.4, -0.2) is 78.6 Å². The number of pyridine rings is 1. The Morgan fingerprint density at radius 3 is 2.50 bits per heavy atom. The number of nitrogens with one attached hydrogen (secondary N) is 1. The molecular weight excluding hydrogens is 532 g/mol. The number of piperidine rings is 1. The van der Waals surface area contributed by atoms with Crippen molar-refractivity contribution in [2.24, 2.45) is 0 Å². The second-order valence-electron chi connectivity index (χ2n) is 10.0. The number of halogens is 4. The summed E-state index contributed by atoms with van der Waals surface area (Å²) in [4.78, 5) is 29.3. The van der Waals surface area contributed by atoms with Gasteiger partial charge in [-0.2, -0.15) is 18.2 Å². The van der Waals surface area contributed by atoms with Gasteiger partial charge >= 0.3 is 6.18 Å². The maximum absolute atomic E-state index is 14.8. The minimum absolute atomic E-state index is 0.0222. The summed E-state index contributed by atoms with van der Waals surface area (Å²) in [5.74, 6) is -0.767. The number of benzene rings is 1. The van der Waals surface area contributed by atoms with Crippen molar-refractivity contribution in [1.29, 1.82) is 0 Å². The normalized spacial score (nSPS) is 16.3. The SMILES string of the molecule is COc1nc2ncnc(N[C@H](C)c3cccc(C(F)(F)F)c3F)c2cc1C1(OC)CCN(C(=O)CN(C)C)CC1. The summed E-state index contributed by atoms with van der Waals surface area (Å²) in [5.41, 5.74) is -1.42. The summed E-state index contributed by atoms with van der Waals surface area (Å²) in [7, 11) is 6.74. The Hall–Kier alpha value is -3.58. The molecule has 0 radical (unpaired) electrons. The monoisotopic (exact) mass is 564 g/mol. The highest BCUT2D eigenvalue weighted by molar-refractivity contribution is 5.88. The predicted molar refractivity (Wildman–Crippen MR) is 140 cm³/mol. The van der Waals surface area contributed by atoms with Gasteiger partial charge in [0.2, 0.25) is 11.8 Å². The van der Waals surface area contributed by atoms with Gasteiger partial charge in [0, 0.05) is 31.3 Å². The number of ether oxygens (including phenoxy) is 2. The number of likely N-dealkylation sites (tertiary alicyclic amines) is 1. The molecule has 0 bridgehead atoms. The van der Waals surface area contributed by atoms with Crippen LogP contribution < -0.4 is 10.1 Å². The van der Waals surface area contributed by atoms with Crippen molar-refractivity contribution in [2.75, 3.05) is 53.3 Å². The number of carbonyl (C=O) groups is 1. The van der Waals surface area contributed by atoms with Crippen LogP contribution in [0.2, 0.25) is 0 Å². The number of methoxy groups -OCH3 is 2. The molecule has 0 spiro atoms. The Labute approximate surface area is 229 Å². The molecule has 0 unspecified atom stereocenters. The first-order valence-corrected chi connectivity index (χ1v) is 12.7. The second-order valence-corrected chi connectivity index (χ2v) is 10.0. The number of anilines is 1. The number of alkyl halides is 3. The van der Waals surface area contributed by atoms with Gasteiger partial charge < -0.3 is 24.6 Å². The molecule has 1 fully saturated rings. The van der Waals surface area contributed by atoms with Crippen molar-refractivity contribution >= 4 is 22.8 Å². The van der Waals surface area contributed by atoms with Crippen LogP contribution >= 0.6 is 0 Å². The average Bonchev–Trinajstić information content (AvgIpc) is 2.91. The fraction of sp³-hybridized carbons (Fsp3) is 0.481. The molecular formula is C27H32F4N6O3. The number of likely N-dealkylation sites (N-methyl/N-ethyl adjacent to an activating group) is 1. The molecule has 40 heavy (non-hydrogen) atoms. The van der Waals surface area contributed by atoms with Crippen LogP contribution in [0.1, 0.15) is 42.5 Å². The highest BCUT2D eigenvalue weighted by Gasteiger charge is 2.41. The van der Waals surface area contributed by atoms with Gasteiger partial charge in [0.15, 0.2) is 5.65 Å². The molecule has 1 aliphatic heterocycles. The van der Waals surface area contributed by atoms with Gasteiger partial charge in [0.1, 0.15) is 23.6 Å². The van der Waals surface area contributed by atoms with E-state index < -0.39 is 29.2 Å². The lowest BCUT2D eigenvalue weighted by atomic mass is 9.84. The largest absolute Gasteiger partial charge is 0.481 e. The number of hydrogen-bond donors (Lipinski definition) is 1. The van der Waals surface area contributed by atoms with E-state index >= 15 is 0 Å². The third-order valence-electron chi connectivity index (χ3n) is 7.19. The number of fused-ring (bicyclic) bond motifs is 1. The molecule has 9 nitrogen and oxygen atoms in total. The van der Waals surface area contributed by atoms with Crippen LogP contribution in [-0.2, 0) is 21.3 Å². The van der Waals surface area contributed by atoms with Crippen molar-refractivity contribution < 1.29 is 31.8 Å². The Kier molecular flexibility index (Phi) is 8.45. The van der Waals surface area contributed by atoms with Crippen LogP contribution in [0.5, 0.6) is 5.88 Å². The van der Waals surface area contributed by atoms with E-state index in [4.69, 9.17) is 9.47 Å². The topological polar surface area (TPSA) is 92.7 Å². The van der Waals surface area contributed by atoms with Gasteiger partial charge in [-0.3, -0.25) is 4.79 Å². The fourth-order valence-corrected chi connectivity index (χ4v) is 5.03. The second kappa shape index (κ2) is 11.5. The zero-order chi connectivity index (χ0) is 29.2. The molecule has 0 saturated carbocycles. The van der Waals surface area contributed by atoms with E-state index in [9.17, 15) is 22.4 Å². The molecule has 1 saturated heterocycles. The van der Waals surface area contributed by atoms with Crippen molar-refractivity contribution in [1.82, 2.24) is 24.8 Å². The summed E-state index contributed by atoms with van der Waals surface area (Å²) in [6, 6.07) is 4.08. The fourth-order valence-electron chi connectivity index (χ4n) is 5.03. The lowest BCUT2D eigenvalue weighted by Crippen LogP contribution is -2.48. The van der Waals surface area contributed by atoms with Crippen molar-refractivity contribution in [2.45, 2.75) is 37.6 Å². The lowest BCUT2D eigenvalue weighted by Gasteiger charge is -2.41. The molecule has 1 atom stereocenters. The molecule has 3 heterocycles. The van der Waals surface area contributed by atoms with Crippen LogP contribution in [0, 0.1) is 5.82 Å². The minimum atomic E-state index is -4.82. The van der Waals surface area contributed by atoms with Crippen LogP contribution in [0.15, 0.2) is 30.6 Å². The maximum Gasteiger partial charge on any atom is 0.419 e. The van der Waals surface area contributed by atoms with Crippen molar-refractivity contribution in [3.05, 3.63) is 53.1 Å². The maximum atomic E-state index is 14.8. The van der Waals surface area contributed by atoms with Crippen LogP contribution in [0.4, 0.5) is 23.4 Å². The van der Waals surface area contributed by atoms with E-state index in [0.717, 1.165) is 0 Å². The summed E-state index contributed by atoms with van der Waals surface area (Å²) in [5, 5.41) is 3.48. The number of amides is 1. The Morgan fingerprint density at radius 1 is 1.20 bits per heavy atom. The standard InChI is InChI=1S/C27H32F4N6O3/c1-16(17-7-6-8-19(22(17)28)27(29,30)31)34-23-18-13-20(25(39-4)35-24(18)33-15-32-23)26(40-5)9-11-37(12-10-26)21(38)14-36(2)3/h6-8,13,15-16H,9-12,14H2,1-5H3,(H,32,33,34,35)/t16-/m1/s1. The van der Waals surface area contributed by atoms with Gasteiger partial charge in [-0.25, -0.2) is 14.4 Å². The summed E-state index contributed by atoms with van der Waals surface area (Å²) < 4.78 is 66.3. The van der Waals surface area contributed by atoms with E-state index in [1.165, 1.54) is 25.6 Å². The quantitative estimate of drug-likeness (QED) is 0.403. The minimum Gasteiger partial charge on any atom is -0.481 e. The van der Waals surface area contributed by atoms with Gasteiger partial charge in [0.25, 0.3) is 0 Å². The molecule has 216 valence electrons. The van der Waals surface area contributed by atoms with Gasteiger partial charge in [-0.05, 0) is 46.0 Å². The van der Waals surface area contributed by atoms with E-state index in [-0.39, 0.29) is 22.9 Å². The molecule has 1 N–H and O–H groups in total. The Balaban J connectivity index is 1.69. The first kappa shape index (κ1) is 29.4. The molecule has 13 heteroatoms. The number of nitrogens with zero attached hydrogens (tertiary/aromatic N) is 5. The lowest BCUT2D eigenvalue weighted by molar-refractivity contribution is -0.140. The summed E-state index contributed by atoms with van der Waals surface area (Å²) in [6.07, 6.45) is -2.60. The number of carbonyl (C=O) groups excluding carboxylic acids is 1. The molecule has 0 aliphatic carbocycles. The van der Waals surface area contributed by atoms with E-state index in [1.54, 1.807) is 25.0 Å². The average molecular weight is 565 g/mol. The molecule has 1 amide bonds. The van der Waals surface area contributed by atoms with E-state index in [2.05, 4.69) is 20.3 Å². The highest BCUT2D eigenvalue weighted by atomic mass is 19.4. The molecule has 1 aromatic carbocycles. The number of aromatic nitrogens is 3. The number of rotatable bonds is 8. The van der Waals surface area contributed by atoms with Crippen LogP contribution in [0.25, 0.3) is 11.0 Å². The first-order chi connectivity index (χ1) is 18.9. The van der Waals surface area contributed by atoms with E-state index in [1.807, 2.05) is 19.0 Å². The molecule has 2 aromatic heterocycles. The van der Waals surface area contributed by atoms with Crippen LogP contribution in [0.3, 0.4) is 0 Å². The zero-order valence-electron chi connectivity index (χ0n) is 23.0. The smallest absolute Gasteiger partial charge is 0.419 e. The van der Waals surface area contributed by atoms with E-state index in [0.29, 0.717) is 55.4 Å². The molecule has 1 aliphatic rings. The summed E-state index contributed by atoms with van der Waals surface area (Å²) >= 11 is 0. The van der Waals surface area contributed by atoms with Crippen molar-refractivity contribution in [3.63, 3.8) is 0 Å². The Bertz CT molecular complexity index is 1380. The zero-order valence-corrected chi connectivity index (χ0v) is 23.0. The van der Waals surface area contributed by atoms with Gasteiger partial charge in [0.05, 0.1) is 30.6 Å². The molecule has 4 rings (SSSR count). The highest BCUT2D eigenvalue weighted by Crippen LogP contribution is 2.42. The predicted octanol–water partition coefficient (Wildman–Crippen LogP) is 4.39. The Morgan fingerprint density at radius 2 is 1.90 bits per heavy atom.